The van der Waals surface area contributed by atoms with E-state index >= 15 is 0 Å². The number of nitrogens with zero attached hydrogens (tertiary/aromatic N) is 2. The van der Waals surface area contributed by atoms with Gasteiger partial charge in [0.15, 0.2) is 11.5 Å². The molecule has 11 heteroatoms. The number of hydrogen-bond acceptors (Lipinski definition) is 6. The molecule has 0 radical (unpaired) electrons. The Labute approximate surface area is 285 Å². The first-order chi connectivity index (χ1) is 22.5. The van der Waals surface area contributed by atoms with Crippen LogP contribution in [0.3, 0.4) is 0 Å². The number of halogens is 1. The smallest absolute Gasteiger partial charge is 0.264 e. The Balaban J connectivity index is 1.85. The van der Waals surface area contributed by atoms with Crippen molar-refractivity contribution in [3.63, 3.8) is 0 Å². The number of benzene rings is 4. The topological polar surface area (TPSA) is 105 Å². The molecule has 0 aliphatic carbocycles. The highest BCUT2D eigenvalue weighted by Crippen LogP contribution is 2.33. The van der Waals surface area contributed by atoms with Crippen LogP contribution in [0, 0.1) is 13.8 Å². The molecule has 0 spiro atoms. The quantitative estimate of drug-likeness (QED) is 0.170. The van der Waals surface area contributed by atoms with E-state index in [0.717, 1.165) is 31.0 Å². The molecule has 4 aromatic rings. The minimum absolute atomic E-state index is 0.0734. The predicted molar refractivity (Wildman–Crippen MR) is 187 cm³/mol. The minimum atomic E-state index is -4.33. The summed E-state index contributed by atoms with van der Waals surface area (Å²) in [5, 5.41) is 2.88. The van der Waals surface area contributed by atoms with Gasteiger partial charge in [-0.05, 0) is 79.4 Å². The zero-order valence-corrected chi connectivity index (χ0v) is 29.6. The first-order valence-corrected chi connectivity index (χ1v) is 17.4. The maximum absolute atomic E-state index is 14.6. The third kappa shape index (κ3) is 8.93. The standard InChI is InChI=1S/C36H40BrN3O6S/c1-6-38-36(42)32(21-27-11-8-7-9-12-27)39(23-28-13-10-14-29(37)20-28)35(41)24-40(30-18-25(2)17-26(3)19-30)47(43,44)31-15-16-33(45-4)34(22-31)46-5/h7-20,22,32H,6,21,23-24H2,1-5H3,(H,38,42)/t32-/m1/s1. The zero-order valence-electron chi connectivity index (χ0n) is 27.2. The number of methoxy groups -OCH3 is 2. The summed E-state index contributed by atoms with van der Waals surface area (Å²) in [6.45, 7) is 5.43. The first kappa shape index (κ1) is 35.5. The summed E-state index contributed by atoms with van der Waals surface area (Å²) in [5.74, 6) is -0.275. The van der Waals surface area contributed by atoms with Crippen LogP contribution in [0.25, 0.3) is 0 Å². The van der Waals surface area contributed by atoms with Gasteiger partial charge in [-0.2, -0.15) is 0 Å². The molecule has 0 heterocycles. The molecule has 1 N–H and O–H groups in total. The average Bonchev–Trinajstić information content (AvgIpc) is 3.04. The van der Waals surface area contributed by atoms with Gasteiger partial charge >= 0.3 is 0 Å². The van der Waals surface area contributed by atoms with Gasteiger partial charge in [0.05, 0.1) is 24.8 Å². The van der Waals surface area contributed by atoms with E-state index in [0.29, 0.717) is 18.0 Å². The minimum Gasteiger partial charge on any atom is -0.493 e. The second-order valence-electron chi connectivity index (χ2n) is 11.1. The predicted octanol–water partition coefficient (Wildman–Crippen LogP) is 6.05. The number of carbonyl (C=O) groups excluding carboxylic acids is 2. The van der Waals surface area contributed by atoms with Gasteiger partial charge in [0.1, 0.15) is 12.6 Å². The van der Waals surface area contributed by atoms with Crippen molar-refractivity contribution in [1.29, 1.82) is 0 Å². The van der Waals surface area contributed by atoms with Crippen molar-refractivity contribution < 1.29 is 27.5 Å². The maximum Gasteiger partial charge on any atom is 0.264 e. The summed E-state index contributed by atoms with van der Waals surface area (Å²) in [5.41, 5.74) is 3.62. The summed E-state index contributed by atoms with van der Waals surface area (Å²) in [6.07, 6.45) is 0.235. The molecule has 248 valence electrons. The fourth-order valence-corrected chi connectivity index (χ4v) is 7.27. The van der Waals surface area contributed by atoms with Crippen LogP contribution < -0.4 is 19.1 Å². The molecule has 0 saturated carbocycles. The molecule has 0 aliphatic rings. The Kier molecular flexibility index (Phi) is 12.1. The van der Waals surface area contributed by atoms with Crippen molar-refractivity contribution in [3.8, 4) is 11.5 Å². The lowest BCUT2D eigenvalue weighted by molar-refractivity contribution is -0.140. The van der Waals surface area contributed by atoms with Crippen LogP contribution >= 0.6 is 15.9 Å². The van der Waals surface area contributed by atoms with E-state index in [2.05, 4.69) is 21.2 Å². The lowest BCUT2D eigenvalue weighted by Gasteiger charge is -2.34. The number of hydrogen-bond donors (Lipinski definition) is 1. The van der Waals surface area contributed by atoms with E-state index in [-0.39, 0.29) is 29.5 Å². The third-order valence-corrected chi connectivity index (χ3v) is 9.84. The van der Waals surface area contributed by atoms with Gasteiger partial charge in [0.25, 0.3) is 10.0 Å². The molecule has 0 bridgehead atoms. The van der Waals surface area contributed by atoms with Gasteiger partial charge < -0.3 is 19.7 Å². The van der Waals surface area contributed by atoms with Crippen LogP contribution in [0.4, 0.5) is 5.69 Å². The number of rotatable bonds is 14. The van der Waals surface area contributed by atoms with Crippen molar-refractivity contribution in [2.24, 2.45) is 0 Å². The second kappa shape index (κ2) is 16.0. The molecule has 0 unspecified atom stereocenters. The molecule has 47 heavy (non-hydrogen) atoms. The molecule has 2 amide bonds. The second-order valence-corrected chi connectivity index (χ2v) is 13.9. The van der Waals surface area contributed by atoms with E-state index in [1.54, 1.807) is 12.1 Å². The molecule has 0 aliphatic heterocycles. The number of ether oxygens (including phenoxy) is 2. The van der Waals surface area contributed by atoms with E-state index in [1.165, 1.54) is 37.3 Å². The number of carbonyl (C=O) groups is 2. The number of sulfonamides is 1. The van der Waals surface area contributed by atoms with Crippen molar-refractivity contribution >= 4 is 43.5 Å². The Morgan fingerprint density at radius 1 is 0.830 bits per heavy atom. The molecule has 9 nitrogen and oxygen atoms in total. The molecular formula is C36H40BrN3O6S. The zero-order chi connectivity index (χ0) is 34.1. The SMILES string of the molecule is CCNC(=O)[C@@H](Cc1ccccc1)N(Cc1cccc(Br)c1)C(=O)CN(c1cc(C)cc(C)c1)S(=O)(=O)c1ccc(OC)c(OC)c1. The highest BCUT2D eigenvalue weighted by molar-refractivity contribution is 9.10. The normalized spacial score (nSPS) is 11.8. The number of likely N-dealkylation sites (N-methyl/N-ethyl adjacent to an activating group) is 1. The van der Waals surface area contributed by atoms with Gasteiger partial charge in [-0.25, -0.2) is 8.42 Å². The summed E-state index contributed by atoms with van der Waals surface area (Å²) in [7, 11) is -1.44. The van der Waals surface area contributed by atoms with Crippen LogP contribution in [0.1, 0.15) is 29.2 Å². The fourth-order valence-electron chi connectivity index (χ4n) is 5.41. The highest BCUT2D eigenvalue weighted by atomic mass is 79.9. The van der Waals surface area contributed by atoms with E-state index in [1.807, 2.05) is 81.4 Å². The van der Waals surface area contributed by atoms with E-state index in [9.17, 15) is 18.0 Å². The summed E-state index contributed by atoms with van der Waals surface area (Å²) >= 11 is 3.50. The fraction of sp³-hybridized carbons (Fsp3) is 0.278. The maximum atomic E-state index is 14.6. The van der Waals surface area contributed by atoms with E-state index in [4.69, 9.17) is 9.47 Å². The number of aryl methyl sites for hydroxylation is 2. The number of anilines is 1. The van der Waals surface area contributed by atoms with Crippen molar-refractivity contribution in [1.82, 2.24) is 10.2 Å². The lowest BCUT2D eigenvalue weighted by Crippen LogP contribution is -2.53. The van der Waals surface area contributed by atoms with Crippen LogP contribution in [0.15, 0.2) is 100 Å². The summed E-state index contributed by atoms with van der Waals surface area (Å²) in [6, 6.07) is 25.7. The Morgan fingerprint density at radius 3 is 2.11 bits per heavy atom. The van der Waals surface area contributed by atoms with Crippen LogP contribution in [-0.2, 0) is 32.6 Å². The molecule has 0 aromatic heterocycles. The van der Waals surface area contributed by atoms with Gasteiger partial charge in [-0.3, -0.25) is 13.9 Å². The highest BCUT2D eigenvalue weighted by Gasteiger charge is 2.35. The van der Waals surface area contributed by atoms with Gasteiger partial charge in [-0.1, -0.05) is 64.5 Å². The summed E-state index contributed by atoms with van der Waals surface area (Å²) < 4.78 is 41.5. The average molecular weight is 723 g/mol. The lowest BCUT2D eigenvalue weighted by atomic mass is 10.0. The summed E-state index contributed by atoms with van der Waals surface area (Å²) in [4.78, 5) is 29.7. The number of amides is 2. The molecule has 0 saturated heterocycles. The first-order valence-electron chi connectivity index (χ1n) is 15.2. The number of nitrogens with one attached hydrogen (secondary N) is 1. The van der Waals surface area contributed by atoms with Gasteiger partial charge in [0.2, 0.25) is 11.8 Å². The molecule has 4 aromatic carbocycles. The van der Waals surface area contributed by atoms with Crippen LogP contribution in [-0.4, -0.2) is 58.5 Å². The van der Waals surface area contributed by atoms with Crippen molar-refractivity contribution in [2.45, 2.75) is 44.7 Å². The molecule has 0 fully saturated rings. The van der Waals surface area contributed by atoms with Gasteiger partial charge in [0, 0.05) is 30.0 Å². The van der Waals surface area contributed by atoms with Gasteiger partial charge in [-0.15, -0.1) is 0 Å². The van der Waals surface area contributed by atoms with Crippen LogP contribution in [0.2, 0.25) is 0 Å². The monoisotopic (exact) mass is 721 g/mol. The van der Waals surface area contributed by atoms with E-state index < -0.39 is 28.5 Å². The van der Waals surface area contributed by atoms with Crippen LogP contribution in [0.5, 0.6) is 11.5 Å². The van der Waals surface area contributed by atoms with Crippen molar-refractivity contribution in [2.75, 3.05) is 31.6 Å². The molecule has 1 atom stereocenters. The Morgan fingerprint density at radius 2 is 1.49 bits per heavy atom. The largest absolute Gasteiger partial charge is 0.493 e. The Bertz CT molecular complexity index is 1800. The Hall–Kier alpha value is -4.35. The van der Waals surface area contributed by atoms with Crippen molar-refractivity contribution in [3.05, 3.63) is 118 Å². The molecular weight excluding hydrogens is 682 g/mol. The third-order valence-electron chi connectivity index (χ3n) is 7.58. The molecule has 4 rings (SSSR count).